The molecule has 0 saturated heterocycles. The molecule has 0 bridgehead atoms. The van der Waals surface area contributed by atoms with E-state index >= 15 is 0 Å². The van der Waals surface area contributed by atoms with E-state index in [9.17, 15) is 8.42 Å². The van der Waals surface area contributed by atoms with E-state index in [1.165, 1.54) is 6.26 Å². The molecule has 0 aliphatic rings. The van der Waals surface area contributed by atoms with Crippen molar-refractivity contribution in [2.24, 2.45) is 10.9 Å². The van der Waals surface area contributed by atoms with Crippen LogP contribution in [0.3, 0.4) is 0 Å². The van der Waals surface area contributed by atoms with Crippen LogP contribution in [0.25, 0.3) is 0 Å². The summed E-state index contributed by atoms with van der Waals surface area (Å²) in [6.45, 7) is 7.07. The average Bonchev–Trinajstić information content (AvgIpc) is 2.52. The minimum Gasteiger partial charge on any atom is -0.379 e. The Bertz CT molecular complexity index is 610. The number of hydrogen-bond donors (Lipinski definition) is 2. The molecule has 0 aromatic heterocycles. The SMILES string of the molecule is CN=C(NCCOCC(C)C)NCCc1ccc(S(C)(=O)=O)cc1. The number of rotatable bonds is 9. The molecule has 0 saturated carbocycles. The average molecular weight is 356 g/mol. The molecule has 1 aromatic carbocycles. The van der Waals surface area contributed by atoms with Crippen molar-refractivity contribution < 1.29 is 13.2 Å². The molecule has 0 aliphatic heterocycles. The first-order valence-electron chi connectivity index (χ1n) is 8.14. The number of ether oxygens (including phenoxy) is 1. The molecule has 1 aromatic rings. The first-order chi connectivity index (χ1) is 11.3. The Labute approximate surface area is 145 Å². The highest BCUT2D eigenvalue weighted by Crippen LogP contribution is 2.10. The molecular weight excluding hydrogens is 326 g/mol. The van der Waals surface area contributed by atoms with Crippen molar-refractivity contribution in [2.75, 3.05) is 39.6 Å². The van der Waals surface area contributed by atoms with Gasteiger partial charge in [-0.15, -0.1) is 0 Å². The normalized spacial score (nSPS) is 12.5. The van der Waals surface area contributed by atoms with Gasteiger partial charge in [-0.2, -0.15) is 0 Å². The maximum atomic E-state index is 11.4. The van der Waals surface area contributed by atoms with Crippen LogP contribution >= 0.6 is 0 Å². The van der Waals surface area contributed by atoms with E-state index in [2.05, 4.69) is 29.5 Å². The van der Waals surface area contributed by atoms with Crippen molar-refractivity contribution in [1.29, 1.82) is 0 Å². The van der Waals surface area contributed by atoms with Crippen molar-refractivity contribution in [2.45, 2.75) is 25.2 Å². The van der Waals surface area contributed by atoms with Crippen LogP contribution in [0.5, 0.6) is 0 Å². The summed E-state index contributed by atoms with van der Waals surface area (Å²) in [4.78, 5) is 4.50. The smallest absolute Gasteiger partial charge is 0.191 e. The number of benzene rings is 1. The Kier molecular flexibility index (Phi) is 8.78. The van der Waals surface area contributed by atoms with Gasteiger partial charge < -0.3 is 15.4 Å². The largest absolute Gasteiger partial charge is 0.379 e. The maximum Gasteiger partial charge on any atom is 0.191 e. The van der Waals surface area contributed by atoms with Crippen molar-refractivity contribution in [3.05, 3.63) is 29.8 Å². The van der Waals surface area contributed by atoms with Crippen LogP contribution in [0.15, 0.2) is 34.2 Å². The monoisotopic (exact) mass is 355 g/mol. The van der Waals surface area contributed by atoms with Gasteiger partial charge in [-0.1, -0.05) is 26.0 Å². The first-order valence-corrected chi connectivity index (χ1v) is 10.0. The van der Waals surface area contributed by atoms with Gasteiger partial charge in [-0.25, -0.2) is 8.42 Å². The lowest BCUT2D eigenvalue weighted by Gasteiger charge is -2.12. The van der Waals surface area contributed by atoms with Gasteiger partial charge in [0.05, 0.1) is 11.5 Å². The zero-order valence-electron chi connectivity index (χ0n) is 15.0. The van der Waals surface area contributed by atoms with Crippen LogP contribution in [0.4, 0.5) is 0 Å². The molecule has 0 radical (unpaired) electrons. The summed E-state index contributed by atoms with van der Waals surface area (Å²) in [7, 11) is -1.41. The van der Waals surface area contributed by atoms with E-state index in [4.69, 9.17) is 4.74 Å². The molecule has 1 rings (SSSR count). The molecule has 0 amide bonds. The third-order valence-corrected chi connectivity index (χ3v) is 4.40. The van der Waals surface area contributed by atoms with Gasteiger partial charge in [-0.3, -0.25) is 4.99 Å². The lowest BCUT2D eigenvalue weighted by Crippen LogP contribution is -2.39. The third-order valence-electron chi connectivity index (χ3n) is 3.27. The Balaban J connectivity index is 2.29. The molecule has 0 fully saturated rings. The minimum absolute atomic E-state index is 0.345. The van der Waals surface area contributed by atoms with Gasteiger partial charge in [0.1, 0.15) is 0 Å². The highest BCUT2D eigenvalue weighted by atomic mass is 32.2. The number of nitrogens with one attached hydrogen (secondary N) is 2. The molecule has 0 aliphatic carbocycles. The Hall–Kier alpha value is -1.60. The van der Waals surface area contributed by atoms with Crippen LogP contribution in [0.1, 0.15) is 19.4 Å². The van der Waals surface area contributed by atoms with Crippen LogP contribution in [-0.2, 0) is 21.0 Å². The number of sulfone groups is 1. The second-order valence-corrected chi connectivity index (χ2v) is 8.08. The van der Waals surface area contributed by atoms with E-state index in [1.807, 2.05) is 12.1 Å². The molecule has 2 N–H and O–H groups in total. The van der Waals surface area contributed by atoms with Crippen molar-refractivity contribution in [1.82, 2.24) is 10.6 Å². The van der Waals surface area contributed by atoms with Crippen LogP contribution < -0.4 is 10.6 Å². The topological polar surface area (TPSA) is 79.8 Å². The molecule has 136 valence electrons. The third kappa shape index (κ3) is 8.31. The molecule has 0 atom stereocenters. The molecule has 0 spiro atoms. The molecule has 6 nitrogen and oxygen atoms in total. The van der Waals surface area contributed by atoms with Crippen LogP contribution in [0, 0.1) is 5.92 Å². The lowest BCUT2D eigenvalue weighted by atomic mass is 10.1. The number of hydrogen-bond acceptors (Lipinski definition) is 4. The highest BCUT2D eigenvalue weighted by Gasteiger charge is 2.06. The fraction of sp³-hybridized carbons (Fsp3) is 0.588. The predicted octanol–water partition coefficient (Wildman–Crippen LogP) is 1.47. The summed E-state index contributed by atoms with van der Waals surface area (Å²) in [5.74, 6) is 1.27. The Morgan fingerprint density at radius 3 is 2.33 bits per heavy atom. The molecular formula is C17H29N3O3S. The van der Waals surface area contributed by atoms with Crippen LogP contribution in [-0.4, -0.2) is 54.0 Å². The van der Waals surface area contributed by atoms with Crippen molar-refractivity contribution >= 4 is 15.8 Å². The Morgan fingerprint density at radius 2 is 1.79 bits per heavy atom. The second-order valence-electron chi connectivity index (χ2n) is 6.06. The second kappa shape index (κ2) is 10.3. The van der Waals surface area contributed by atoms with Gasteiger partial charge in [0, 0.05) is 33.0 Å². The van der Waals surface area contributed by atoms with E-state index in [-0.39, 0.29) is 0 Å². The van der Waals surface area contributed by atoms with Crippen molar-refractivity contribution in [3.63, 3.8) is 0 Å². The molecule has 24 heavy (non-hydrogen) atoms. The fourth-order valence-electron chi connectivity index (χ4n) is 2.01. The summed E-state index contributed by atoms with van der Waals surface area (Å²) < 4.78 is 28.4. The van der Waals surface area contributed by atoms with E-state index in [0.29, 0.717) is 30.5 Å². The lowest BCUT2D eigenvalue weighted by molar-refractivity contribution is 0.114. The van der Waals surface area contributed by atoms with E-state index < -0.39 is 9.84 Å². The van der Waals surface area contributed by atoms with E-state index in [1.54, 1.807) is 19.2 Å². The number of aliphatic imine (C=N–C) groups is 1. The quantitative estimate of drug-likeness (QED) is 0.398. The minimum atomic E-state index is -3.13. The Morgan fingerprint density at radius 1 is 1.17 bits per heavy atom. The maximum absolute atomic E-state index is 11.4. The van der Waals surface area contributed by atoms with Crippen molar-refractivity contribution in [3.8, 4) is 0 Å². The van der Waals surface area contributed by atoms with Gasteiger partial charge in [-0.05, 0) is 30.0 Å². The first kappa shape index (κ1) is 20.4. The van der Waals surface area contributed by atoms with Crippen LogP contribution in [0.2, 0.25) is 0 Å². The van der Waals surface area contributed by atoms with Gasteiger partial charge in [0.15, 0.2) is 15.8 Å². The van der Waals surface area contributed by atoms with Gasteiger partial charge in [0.2, 0.25) is 0 Å². The van der Waals surface area contributed by atoms with E-state index in [0.717, 1.165) is 24.6 Å². The molecule has 0 unspecified atom stereocenters. The van der Waals surface area contributed by atoms with Gasteiger partial charge in [0.25, 0.3) is 0 Å². The number of nitrogens with zero attached hydrogens (tertiary/aromatic N) is 1. The molecule has 0 heterocycles. The standard InChI is InChI=1S/C17H29N3O3S/c1-14(2)13-23-12-11-20-17(18-3)19-10-9-15-5-7-16(8-6-15)24(4,21)22/h5-8,14H,9-13H2,1-4H3,(H2,18,19,20). The zero-order valence-corrected chi connectivity index (χ0v) is 15.8. The fourth-order valence-corrected chi connectivity index (χ4v) is 2.64. The summed E-state index contributed by atoms with van der Waals surface area (Å²) in [5.41, 5.74) is 1.07. The summed E-state index contributed by atoms with van der Waals surface area (Å²) in [6.07, 6.45) is 2.00. The van der Waals surface area contributed by atoms with Gasteiger partial charge >= 0.3 is 0 Å². The predicted molar refractivity (Wildman–Crippen MR) is 98.3 cm³/mol. The summed E-state index contributed by atoms with van der Waals surface area (Å²) in [6, 6.07) is 6.97. The highest BCUT2D eigenvalue weighted by molar-refractivity contribution is 7.90. The number of guanidine groups is 1. The zero-order chi connectivity index (χ0) is 18.0. The summed E-state index contributed by atoms with van der Waals surface area (Å²) in [5, 5.41) is 6.42. The summed E-state index contributed by atoms with van der Waals surface area (Å²) >= 11 is 0. The molecule has 7 heteroatoms.